The molecule has 0 aliphatic carbocycles. The number of rotatable bonds is 6. The Kier molecular flexibility index (Phi) is 7.83. The molecule has 0 spiro atoms. The molecule has 2 N–H and O–H groups in total. The van der Waals surface area contributed by atoms with Crippen LogP contribution in [0.15, 0.2) is 24.3 Å². The molecule has 1 aromatic heterocycles. The number of halogens is 1. The Balaban J connectivity index is 0.00000280. The molecule has 0 saturated heterocycles. The van der Waals surface area contributed by atoms with Crippen molar-refractivity contribution in [1.82, 2.24) is 15.1 Å². The quantitative estimate of drug-likeness (QED) is 0.711. The molecule has 2 heterocycles. The van der Waals surface area contributed by atoms with Crippen LogP contribution in [0, 0.1) is 0 Å². The summed E-state index contributed by atoms with van der Waals surface area (Å²) in [7, 11) is 2.77. The number of hydrogen-bond donors (Lipinski definition) is 2. The van der Waals surface area contributed by atoms with Crippen molar-refractivity contribution >= 4 is 30.0 Å². The van der Waals surface area contributed by atoms with Gasteiger partial charge in [-0.25, -0.2) is 4.79 Å². The van der Waals surface area contributed by atoms with Gasteiger partial charge in [0, 0.05) is 37.7 Å². The highest BCUT2D eigenvalue weighted by Gasteiger charge is 2.15. The number of ether oxygens (including phenoxy) is 2. The highest BCUT2D eigenvalue weighted by Crippen LogP contribution is 2.24. The molecule has 0 atom stereocenters. The maximum Gasteiger partial charge on any atom is 0.341 e. The molecule has 0 fully saturated rings. The lowest BCUT2D eigenvalue weighted by atomic mass is 10.1. The molecule has 2 aromatic rings. The van der Waals surface area contributed by atoms with Crippen LogP contribution in [0.5, 0.6) is 5.75 Å². The van der Waals surface area contributed by atoms with Gasteiger partial charge in [-0.05, 0) is 31.2 Å². The Morgan fingerprint density at radius 2 is 2.11 bits per heavy atom. The number of carbonyl (C=O) groups is 2. The molecule has 1 aliphatic heterocycles. The number of carbonyl (C=O) groups excluding carboxylic acids is 2. The van der Waals surface area contributed by atoms with E-state index < -0.39 is 5.97 Å². The van der Waals surface area contributed by atoms with Crippen molar-refractivity contribution in [3.05, 3.63) is 41.2 Å². The minimum absolute atomic E-state index is 0. The largest absolute Gasteiger partial charge is 0.496 e. The van der Waals surface area contributed by atoms with Gasteiger partial charge in [0.1, 0.15) is 11.3 Å². The van der Waals surface area contributed by atoms with Gasteiger partial charge in [0.05, 0.1) is 25.6 Å². The molecule has 3 rings (SSSR count). The molecule has 0 bridgehead atoms. The zero-order valence-electron chi connectivity index (χ0n) is 16.0. The van der Waals surface area contributed by atoms with E-state index in [2.05, 4.69) is 21.8 Å². The van der Waals surface area contributed by atoms with E-state index >= 15 is 0 Å². The molecule has 28 heavy (non-hydrogen) atoms. The first-order valence-corrected chi connectivity index (χ1v) is 8.93. The monoisotopic (exact) mass is 408 g/mol. The standard InChI is InChI=1S/C19H24N4O4.ClH/c1-26-17-11-13(4-6-16(17)19(25)27-2)21-18(24)7-5-14-10-15-12-20-8-3-9-23(15)22-14;/h4,6,10-11,20H,3,5,7-9,12H2,1-2H3,(H,21,24);1H. The lowest BCUT2D eigenvalue weighted by Crippen LogP contribution is -2.13. The summed E-state index contributed by atoms with van der Waals surface area (Å²) in [5.74, 6) is -0.257. The predicted octanol–water partition coefficient (Wildman–Crippen LogP) is 2.16. The fourth-order valence-electron chi connectivity index (χ4n) is 3.06. The highest BCUT2D eigenvalue weighted by molar-refractivity contribution is 5.95. The Morgan fingerprint density at radius 3 is 2.86 bits per heavy atom. The minimum atomic E-state index is -0.487. The number of methoxy groups -OCH3 is 2. The number of aryl methyl sites for hydroxylation is 2. The molecule has 1 amide bonds. The van der Waals surface area contributed by atoms with Crippen molar-refractivity contribution in [1.29, 1.82) is 0 Å². The third kappa shape index (κ3) is 5.24. The van der Waals surface area contributed by atoms with E-state index in [9.17, 15) is 9.59 Å². The van der Waals surface area contributed by atoms with Gasteiger partial charge in [0.15, 0.2) is 0 Å². The molecule has 0 radical (unpaired) electrons. The first-order chi connectivity index (χ1) is 13.1. The normalized spacial score (nSPS) is 12.9. The Hall–Kier alpha value is -2.58. The van der Waals surface area contributed by atoms with E-state index in [-0.39, 0.29) is 18.3 Å². The van der Waals surface area contributed by atoms with Crippen LogP contribution in [0.25, 0.3) is 0 Å². The molecule has 152 valence electrons. The number of esters is 1. The van der Waals surface area contributed by atoms with Crippen LogP contribution in [0.3, 0.4) is 0 Å². The minimum Gasteiger partial charge on any atom is -0.496 e. The van der Waals surface area contributed by atoms with Crippen LogP contribution < -0.4 is 15.4 Å². The summed E-state index contributed by atoms with van der Waals surface area (Å²) in [6, 6.07) is 6.88. The van der Waals surface area contributed by atoms with Crippen LogP contribution in [0.1, 0.15) is 34.6 Å². The zero-order chi connectivity index (χ0) is 19.2. The van der Waals surface area contributed by atoms with E-state index in [0.717, 1.165) is 37.4 Å². The van der Waals surface area contributed by atoms with E-state index in [1.54, 1.807) is 18.2 Å². The van der Waals surface area contributed by atoms with Crippen LogP contribution in [-0.2, 0) is 29.0 Å². The second-order valence-corrected chi connectivity index (χ2v) is 6.34. The Labute approximate surface area is 170 Å². The molecular weight excluding hydrogens is 384 g/mol. The summed E-state index contributed by atoms with van der Waals surface area (Å²) in [4.78, 5) is 24.0. The topological polar surface area (TPSA) is 94.5 Å². The Morgan fingerprint density at radius 1 is 1.29 bits per heavy atom. The molecule has 8 nitrogen and oxygen atoms in total. The smallest absolute Gasteiger partial charge is 0.341 e. The fraction of sp³-hybridized carbons (Fsp3) is 0.421. The van der Waals surface area contributed by atoms with Crippen molar-refractivity contribution in [2.24, 2.45) is 0 Å². The first-order valence-electron chi connectivity index (χ1n) is 8.93. The number of hydrogen-bond acceptors (Lipinski definition) is 6. The number of fused-ring (bicyclic) bond motifs is 1. The number of nitrogens with one attached hydrogen (secondary N) is 2. The maximum atomic E-state index is 12.3. The van der Waals surface area contributed by atoms with Gasteiger partial charge in [-0.2, -0.15) is 5.10 Å². The van der Waals surface area contributed by atoms with Crippen molar-refractivity contribution in [2.75, 3.05) is 26.1 Å². The lowest BCUT2D eigenvalue weighted by Gasteiger charge is -2.10. The van der Waals surface area contributed by atoms with Gasteiger partial charge in [-0.3, -0.25) is 9.48 Å². The summed E-state index contributed by atoms with van der Waals surface area (Å²) in [6.07, 6.45) is 1.95. The van der Waals surface area contributed by atoms with Crippen LogP contribution in [0.4, 0.5) is 5.69 Å². The molecular formula is C19H25ClN4O4. The second-order valence-electron chi connectivity index (χ2n) is 6.34. The summed E-state index contributed by atoms with van der Waals surface area (Å²) in [6.45, 7) is 2.71. The lowest BCUT2D eigenvalue weighted by molar-refractivity contribution is -0.116. The summed E-state index contributed by atoms with van der Waals surface area (Å²) in [5, 5.41) is 10.8. The SMILES string of the molecule is COC(=O)c1ccc(NC(=O)CCc2cc3n(n2)CCCNC3)cc1OC.Cl. The Bertz CT molecular complexity index is 814. The maximum absolute atomic E-state index is 12.3. The first kappa shape index (κ1) is 21.7. The third-order valence-electron chi connectivity index (χ3n) is 4.44. The summed E-state index contributed by atoms with van der Waals surface area (Å²) >= 11 is 0. The predicted molar refractivity (Wildman–Crippen MR) is 107 cm³/mol. The highest BCUT2D eigenvalue weighted by atomic mass is 35.5. The van der Waals surface area contributed by atoms with E-state index in [1.807, 2.05) is 4.68 Å². The van der Waals surface area contributed by atoms with Crippen LogP contribution in [0.2, 0.25) is 0 Å². The molecule has 0 unspecified atom stereocenters. The van der Waals surface area contributed by atoms with E-state index in [0.29, 0.717) is 29.8 Å². The molecule has 1 aliphatic rings. The van der Waals surface area contributed by atoms with E-state index in [1.165, 1.54) is 14.2 Å². The number of benzene rings is 1. The zero-order valence-corrected chi connectivity index (χ0v) is 16.8. The van der Waals surface area contributed by atoms with Gasteiger partial charge in [0.2, 0.25) is 5.91 Å². The molecule has 1 aromatic carbocycles. The molecule has 0 saturated carbocycles. The van der Waals surface area contributed by atoms with Gasteiger partial charge >= 0.3 is 5.97 Å². The van der Waals surface area contributed by atoms with Gasteiger partial charge in [0.25, 0.3) is 0 Å². The second kappa shape index (κ2) is 10.1. The third-order valence-corrected chi connectivity index (χ3v) is 4.44. The van der Waals surface area contributed by atoms with Crippen molar-refractivity contribution in [3.8, 4) is 5.75 Å². The summed E-state index contributed by atoms with van der Waals surface area (Å²) < 4.78 is 11.9. The average Bonchev–Trinajstić information content (AvgIpc) is 2.94. The van der Waals surface area contributed by atoms with Gasteiger partial charge < -0.3 is 20.1 Å². The van der Waals surface area contributed by atoms with Crippen molar-refractivity contribution in [2.45, 2.75) is 32.4 Å². The fourth-order valence-corrected chi connectivity index (χ4v) is 3.06. The number of nitrogens with zero attached hydrogens (tertiary/aromatic N) is 2. The number of anilines is 1. The van der Waals surface area contributed by atoms with Gasteiger partial charge in [-0.1, -0.05) is 0 Å². The molecule has 9 heteroatoms. The van der Waals surface area contributed by atoms with Crippen molar-refractivity contribution < 1.29 is 19.1 Å². The number of aromatic nitrogens is 2. The van der Waals surface area contributed by atoms with E-state index in [4.69, 9.17) is 9.47 Å². The van der Waals surface area contributed by atoms with Crippen LogP contribution in [-0.4, -0.2) is 42.4 Å². The number of amides is 1. The van der Waals surface area contributed by atoms with Crippen LogP contribution >= 0.6 is 12.4 Å². The van der Waals surface area contributed by atoms with Gasteiger partial charge in [-0.15, -0.1) is 12.4 Å². The average molecular weight is 409 g/mol. The summed E-state index contributed by atoms with van der Waals surface area (Å²) in [5.41, 5.74) is 2.95. The van der Waals surface area contributed by atoms with Crippen molar-refractivity contribution in [3.63, 3.8) is 0 Å².